The summed E-state index contributed by atoms with van der Waals surface area (Å²) in [5.41, 5.74) is 5.36. The van der Waals surface area contributed by atoms with Crippen LogP contribution in [0.15, 0.2) is 43.1 Å². The number of imidazole rings is 2. The van der Waals surface area contributed by atoms with Crippen LogP contribution in [-0.2, 0) is 19.5 Å². The molecule has 0 aliphatic carbocycles. The quantitative estimate of drug-likeness (QED) is 0.633. The van der Waals surface area contributed by atoms with Crippen molar-refractivity contribution in [3.63, 3.8) is 0 Å². The molecule has 0 N–H and O–H groups in total. The van der Waals surface area contributed by atoms with Crippen molar-refractivity contribution < 1.29 is 0 Å². The highest BCUT2D eigenvalue weighted by Gasteiger charge is 2.16. The normalized spacial score (nSPS) is 13.3. The molecular formula is C21H28ClN5. The first-order valence-electron chi connectivity index (χ1n) is 9.62. The Balaban J connectivity index is 0.00000210. The van der Waals surface area contributed by atoms with Gasteiger partial charge in [-0.15, -0.1) is 12.4 Å². The van der Waals surface area contributed by atoms with E-state index < -0.39 is 0 Å². The van der Waals surface area contributed by atoms with E-state index in [4.69, 9.17) is 0 Å². The summed E-state index contributed by atoms with van der Waals surface area (Å²) in [6.07, 6.45) is 11.3. The van der Waals surface area contributed by atoms with Crippen LogP contribution in [0.2, 0.25) is 0 Å². The van der Waals surface area contributed by atoms with E-state index in [2.05, 4.69) is 56.0 Å². The first-order valence-corrected chi connectivity index (χ1v) is 9.62. The zero-order chi connectivity index (χ0) is 17.9. The molecule has 5 nitrogen and oxygen atoms in total. The average molecular weight is 386 g/mol. The summed E-state index contributed by atoms with van der Waals surface area (Å²) in [5.74, 6) is 1.08. The monoisotopic (exact) mass is 385 g/mol. The van der Waals surface area contributed by atoms with Crippen LogP contribution in [0.1, 0.15) is 31.2 Å². The number of aromatic nitrogens is 4. The minimum atomic E-state index is 0. The highest BCUT2D eigenvalue weighted by Crippen LogP contribution is 2.31. The first kappa shape index (κ1) is 19.5. The Labute approximate surface area is 167 Å². The zero-order valence-electron chi connectivity index (χ0n) is 16.1. The molecule has 0 saturated heterocycles. The van der Waals surface area contributed by atoms with Crippen LogP contribution < -0.4 is 4.90 Å². The number of hydrogen-bond donors (Lipinski definition) is 0. The van der Waals surface area contributed by atoms with Crippen LogP contribution in [-0.4, -0.2) is 32.2 Å². The standard InChI is InChI=1S/C21H27N5.ClH/c1-3-24-10-4-6-18-14-19(7-8-20(18)24)21-15-22-16-26(21)12-5-11-25-13-9-23-17(25)2;/h7-9,13-16H,3-6,10-12H2,1-2H3;1H. The van der Waals surface area contributed by atoms with Gasteiger partial charge in [0.15, 0.2) is 0 Å². The summed E-state index contributed by atoms with van der Waals surface area (Å²) in [6.45, 7) is 8.49. The number of halogens is 1. The van der Waals surface area contributed by atoms with Crippen LogP contribution in [0.3, 0.4) is 0 Å². The van der Waals surface area contributed by atoms with Crippen LogP contribution in [0.5, 0.6) is 0 Å². The van der Waals surface area contributed by atoms with Crippen molar-refractivity contribution in [2.75, 3.05) is 18.0 Å². The predicted octanol–water partition coefficient (Wildman–Crippen LogP) is 4.34. The third kappa shape index (κ3) is 4.03. The van der Waals surface area contributed by atoms with Crippen molar-refractivity contribution in [1.29, 1.82) is 0 Å². The molecule has 0 unspecified atom stereocenters. The van der Waals surface area contributed by atoms with Gasteiger partial charge in [0.05, 0.1) is 18.2 Å². The Morgan fingerprint density at radius 2 is 2.00 bits per heavy atom. The summed E-state index contributed by atoms with van der Waals surface area (Å²) in [4.78, 5) is 11.2. The van der Waals surface area contributed by atoms with Gasteiger partial charge in [0, 0.05) is 49.8 Å². The van der Waals surface area contributed by atoms with E-state index in [1.807, 2.05) is 24.9 Å². The fraction of sp³-hybridized carbons (Fsp3) is 0.429. The van der Waals surface area contributed by atoms with Gasteiger partial charge in [-0.3, -0.25) is 0 Å². The lowest BCUT2D eigenvalue weighted by Crippen LogP contribution is -2.28. The van der Waals surface area contributed by atoms with Crippen molar-refractivity contribution in [3.05, 3.63) is 54.5 Å². The fourth-order valence-electron chi connectivity index (χ4n) is 3.95. The highest BCUT2D eigenvalue weighted by molar-refractivity contribution is 5.85. The van der Waals surface area contributed by atoms with E-state index >= 15 is 0 Å². The molecule has 144 valence electrons. The van der Waals surface area contributed by atoms with Crippen LogP contribution >= 0.6 is 12.4 Å². The zero-order valence-corrected chi connectivity index (χ0v) is 17.0. The second-order valence-electron chi connectivity index (χ2n) is 7.02. The summed E-state index contributed by atoms with van der Waals surface area (Å²) in [7, 11) is 0. The lowest BCUT2D eigenvalue weighted by molar-refractivity contribution is 0.557. The minimum absolute atomic E-state index is 0. The van der Waals surface area contributed by atoms with Gasteiger partial charge in [-0.05, 0) is 50.8 Å². The average Bonchev–Trinajstić information content (AvgIpc) is 3.30. The Morgan fingerprint density at radius 1 is 1.15 bits per heavy atom. The number of benzene rings is 1. The molecule has 0 atom stereocenters. The molecule has 0 saturated carbocycles. The van der Waals surface area contributed by atoms with Gasteiger partial charge in [0.2, 0.25) is 0 Å². The maximum Gasteiger partial charge on any atom is 0.105 e. The molecule has 1 aromatic carbocycles. The molecule has 0 radical (unpaired) electrons. The highest BCUT2D eigenvalue weighted by atomic mass is 35.5. The molecule has 0 spiro atoms. The maximum atomic E-state index is 4.41. The molecule has 0 bridgehead atoms. The van der Waals surface area contributed by atoms with E-state index in [-0.39, 0.29) is 12.4 Å². The first-order chi connectivity index (χ1) is 12.8. The van der Waals surface area contributed by atoms with Crippen molar-refractivity contribution in [1.82, 2.24) is 19.1 Å². The third-order valence-electron chi connectivity index (χ3n) is 5.41. The second-order valence-corrected chi connectivity index (χ2v) is 7.02. The Morgan fingerprint density at radius 3 is 2.78 bits per heavy atom. The molecular weight excluding hydrogens is 358 g/mol. The molecule has 27 heavy (non-hydrogen) atoms. The van der Waals surface area contributed by atoms with Crippen LogP contribution in [0.4, 0.5) is 5.69 Å². The minimum Gasteiger partial charge on any atom is -0.372 e. The van der Waals surface area contributed by atoms with Gasteiger partial charge in [0.1, 0.15) is 5.82 Å². The van der Waals surface area contributed by atoms with Crippen molar-refractivity contribution >= 4 is 18.1 Å². The van der Waals surface area contributed by atoms with E-state index in [0.717, 1.165) is 31.9 Å². The van der Waals surface area contributed by atoms with Crippen molar-refractivity contribution in [2.24, 2.45) is 0 Å². The second kappa shape index (κ2) is 8.61. The number of nitrogens with zero attached hydrogens (tertiary/aromatic N) is 5. The summed E-state index contributed by atoms with van der Waals surface area (Å²) in [6, 6.07) is 6.91. The molecule has 6 heteroatoms. The molecule has 3 heterocycles. The number of anilines is 1. The van der Waals surface area contributed by atoms with Gasteiger partial charge >= 0.3 is 0 Å². The van der Waals surface area contributed by atoms with Gasteiger partial charge in [0.25, 0.3) is 0 Å². The third-order valence-corrected chi connectivity index (χ3v) is 5.41. The molecule has 4 rings (SSSR count). The van der Waals surface area contributed by atoms with Crippen molar-refractivity contribution in [3.8, 4) is 11.3 Å². The molecule has 2 aromatic heterocycles. The Hall–Kier alpha value is -2.27. The largest absolute Gasteiger partial charge is 0.372 e. The molecule has 1 aliphatic heterocycles. The summed E-state index contributed by atoms with van der Waals surface area (Å²) in [5, 5.41) is 0. The number of hydrogen-bond acceptors (Lipinski definition) is 3. The van der Waals surface area contributed by atoms with E-state index in [0.29, 0.717) is 0 Å². The lowest BCUT2D eigenvalue weighted by atomic mass is 9.98. The predicted molar refractivity (Wildman–Crippen MR) is 113 cm³/mol. The fourth-order valence-corrected chi connectivity index (χ4v) is 3.95. The number of fused-ring (bicyclic) bond motifs is 1. The maximum absolute atomic E-state index is 4.41. The van der Waals surface area contributed by atoms with E-state index in [1.54, 1.807) is 0 Å². The van der Waals surface area contributed by atoms with Crippen LogP contribution in [0.25, 0.3) is 11.3 Å². The van der Waals surface area contributed by atoms with Crippen molar-refractivity contribution in [2.45, 2.75) is 46.2 Å². The molecule has 0 amide bonds. The number of rotatable bonds is 6. The number of aryl methyl sites for hydroxylation is 4. The Bertz CT molecular complexity index is 882. The molecule has 1 aliphatic rings. The van der Waals surface area contributed by atoms with Crippen LogP contribution in [0, 0.1) is 6.92 Å². The van der Waals surface area contributed by atoms with Gasteiger partial charge in [-0.2, -0.15) is 0 Å². The van der Waals surface area contributed by atoms with E-state index in [1.165, 1.54) is 41.9 Å². The topological polar surface area (TPSA) is 38.9 Å². The van der Waals surface area contributed by atoms with E-state index in [9.17, 15) is 0 Å². The smallest absolute Gasteiger partial charge is 0.105 e. The van der Waals surface area contributed by atoms with Gasteiger partial charge < -0.3 is 14.0 Å². The van der Waals surface area contributed by atoms with Gasteiger partial charge in [-0.1, -0.05) is 6.07 Å². The molecule has 3 aromatic rings. The summed E-state index contributed by atoms with van der Waals surface area (Å²) >= 11 is 0. The van der Waals surface area contributed by atoms with Gasteiger partial charge in [-0.25, -0.2) is 9.97 Å². The lowest BCUT2D eigenvalue weighted by Gasteiger charge is -2.30. The summed E-state index contributed by atoms with van der Waals surface area (Å²) < 4.78 is 4.48. The molecule has 0 fully saturated rings. The SMILES string of the molecule is CCN1CCCc2cc(-c3cncn3CCCn3ccnc3C)ccc21.Cl. The Kier molecular flexibility index (Phi) is 6.22.